The highest BCUT2D eigenvalue weighted by molar-refractivity contribution is 7.94. The Labute approximate surface area is 176 Å². The summed E-state index contributed by atoms with van der Waals surface area (Å²) in [6.45, 7) is 2.21. The summed E-state index contributed by atoms with van der Waals surface area (Å²) in [4.78, 5) is 0. The lowest BCUT2D eigenvalue weighted by Gasteiger charge is -2.29. The van der Waals surface area contributed by atoms with E-state index >= 15 is 0 Å². The van der Waals surface area contributed by atoms with Crippen LogP contribution in [0.4, 0.5) is 0 Å². The first-order chi connectivity index (χ1) is 14.4. The molecular formula is C27H24P2. The van der Waals surface area contributed by atoms with E-state index in [0.717, 1.165) is 0 Å². The Kier molecular flexibility index (Phi) is 6.68. The van der Waals surface area contributed by atoms with E-state index in [-0.39, 0.29) is 0 Å². The van der Waals surface area contributed by atoms with Crippen LogP contribution in [0.15, 0.2) is 132 Å². The second-order valence-corrected chi connectivity index (χ2v) is 11.4. The minimum Gasteiger partial charge on any atom is -0.0782 e. The van der Waals surface area contributed by atoms with Crippen LogP contribution in [0.2, 0.25) is 0 Å². The van der Waals surface area contributed by atoms with Gasteiger partial charge in [-0.1, -0.05) is 127 Å². The lowest BCUT2D eigenvalue weighted by atomic mass is 10.4. The number of rotatable bonds is 6. The van der Waals surface area contributed by atoms with Gasteiger partial charge in [-0.25, -0.2) is 0 Å². The first-order valence-corrected chi connectivity index (χ1v) is 12.5. The van der Waals surface area contributed by atoms with E-state index in [1.807, 2.05) is 0 Å². The molecule has 0 nitrogen and oxygen atoms in total. The number of allylic oxidation sites excluding steroid dienone is 1. The van der Waals surface area contributed by atoms with Crippen molar-refractivity contribution in [3.8, 4) is 0 Å². The van der Waals surface area contributed by atoms with E-state index in [1.54, 1.807) is 0 Å². The van der Waals surface area contributed by atoms with Crippen molar-refractivity contribution in [2.75, 3.05) is 0 Å². The zero-order valence-electron chi connectivity index (χ0n) is 16.5. The van der Waals surface area contributed by atoms with Crippen molar-refractivity contribution < 1.29 is 0 Å². The Morgan fingerprint density at radius 3 is 0.897 bits per heavy atom. The van der Waals surface area contributed by atoms with Gasteiger partial charge in [-0.05, 0) is 49.0 Å². The van der Waals surface area contributed by atoms with Crippen molar-refractivity contribution in [2.24, 2.45) is 0 Å². The molecule has 0 atom stereocenters. The fourth-order valence-corrected chi connectivity index (χ4v) is 9.73. The van der Waals surface area contributed by atoms with E-state index < -0.39 is 15.8 Å². The van der Waals surface area contributed by atoms with Gasteiger partial charge in [0.05, 0.1) is 0 Å². The molecule has 4 aromatic carbocycles. The molecule has 0 heterocycles. The smallest absolute Gasteiger partial charge is 0.00888 e. The van der Waals surface area contributed by atoms with Crippen molar-refractivity contribution in [3.05, 3.63) is 132 Å². The highest BCUT2D eigenvalue weighted by atomic mass is 31.2. The average Bonchev–Trinajstić information content (AvgIpc) is 2.81. The highest BCUT2D eigenvalue weighted by Gasteiger charge is 2.27. The lowest BCUT2D eigenvalue weighted by Crippen LogP contribution is -2.18. The summed E-state index contributed by atoms with van der Waals surface area (Å²) in [5.41, 5.74) is 0. The predicted molar refractivity (Wildman–Crippen MR) is 132 cm³/mol. The summed E-state index contributed by atoms with van der Waals surface area (Å²) in [5.74, 6) is 0. The first-order valence-electron chi connectivity index (χ1n) is 9.85. The molecule has 0 bridgehead atoms. The molecule has 2 heteroatoms. The van der Waals surface area contributed by atoms with Crippen LogP contribution in [-0.4, -0.2) is 0 Å². The normalized spacial score (nSPS) is 10.9. The van der Waals surface area contributed by atoms with Crippen LogP contribution in [0.25, 0.3) is 0 Å². The van der Waals surface area contributed by atoms with E-state index in [2.05, 4.69) is 134 Å². The lowest BCUT2D eigenvalue weighted by molar-refractivity contribution is 1.72. The summed E-state index contributed by atoms with van der Waals surface area (Å²) in [6.07, 6.45) is 2.37. The molecule has 0 aliphatic heterocycles. The second-order valence-electron chi connectivity index (χ2n) is 6.66. The Bertz CT molecular complexity index is 879. The van der Waals surface area contributed by atoms with Crippen molar-refractivity contribution in [2.45, 2.75) is 6.92 Å². The van der Waals surface area contributed by atoms with Crippen LogP contribution in [0.5, 0.6) is 0 Å². The summed E-state index contributed by atoms with van der Waals surface area (Å²) < 4.78 is 0. The third kappa shape index (κ3) is 4.56. The van der Waals surface area contributed by atoms with E-state index in [9.17, 15) is 0 Å². The number of hydrogen-bond acceptors (Lipinski definition) is 0. The van der Waals surface area contributed by atoms with E-state index in [4.69, 9.17) is 0 Å². The molecule has 0 saturated heterocycles. The average molecular weight is 410 g/mol. The molecule has 0 radical (unpaired) electrons. The largest absolute Gasteiger partial charge is 0.0782 e. The van der Waals surface area contributed by atoms with Crippen LogP contribution in [0.3, 0.4) is 0 Å². The summed E-state index contributed by atoms with van der Waals surface area (Å²) >= 11 is 0. The molecular weight excluding hydrogens is 386 g/mol. The van der Waals surface area contributed by atoms with Crippen molar-refractivity contribution in [1.82, 2.24) is 0 Å². The standard InChI is InChI=1S/C27H24P2/c1-2-27(28(23-15-7-3-8-16-23)24-17-9-4-10-18-24)29(25-19-11-5-12-20-25)26-21-13-6-14-22-26/h2-22H,1H3. The maximum Gasteiger partial charge on any atom is -0.00888 e. The zero-order chi connectivity index (χ0) is 19.9. The van der Waals surface area contributed by atoms with Gasteiger partial charge in [0.15, 0.2) is 0 Å². The molecule has 0 saturated carbocycles. The second kappa shape index (κ2) is 9.80. The fourth-order valence-electron chi connectivity index (χ4n) is 3.49. The topological polar surface area (TPSA) is 0 Å². The van der Waals surface area contributed by atoms with Crippen LogP contribution in [-0.2, 0) is 0 Å². The summed E-state index contributed by atoms with van der Waals surface area (Å²) in [5, 5.41) is 7.15. The molecule has 0 spiro atoms. The van der Waals surface area contributed by atoms with Crippen molar-refractivity contribution >= 4 is 37.1 Å². The molecule has 0 amide bonds. The zero-order valence-corrected chi connectivity index (χ0v) is 18.3. The Balaban J connectivity index is 1.91. The van der Waals surface area contributed by atoms with Crippen LogP contribution < -0.4 is 21.2 Å². The van der Waals surface area contributed by atoms with Gasteiger partial charge in [0.2, 0.25) is 0 Å². The SMILES string of the molecule is CC=C(P(c1ccccc1)c1ccccc1)P(c1ccccc1)c1ccccc1. The van der Waals surface area contributed by atoms with Gasteiger partial charge in [0.25, 0.3) is 0 Å². The Morgan fingerprint density at radius 2 is 0.690 bits per heavy atom. The van der Waals surface area contributed by atoms with Gasteiger partial charge in [-0.2, -0.15) is 0 Å². The van der Waals surface area contributed by atoms with Crippen LogP contribution in [0.1, 0.15) is 6.92 Å². The molecule has 142 valence electrons. The quantitative estimate of drug-likeness (QED) is 0.336. The van der Waals surface area contributed by atoms with Gasteiger partial charge in [0.1, 0.15) is 0 Å². The molecule has 4 rings (SSSR count). The van der Waals surface area contributed by atoms with Crippen molar-refractivity contribution in [1.29, 1.82) is 0 Å². The third-order valence-electron chi connectivity index (χ3n) is 4.77. The Hall–Kier alpha value is -2.52. The predicted octanol–water partition coefficient (Wildman–Crippen LogP) is 6.11. The Morgan fingerprint density at radius 1 is 0.448 bits per heavy atom. The van der Waals surface area contributed by atoms with Gasteiger partial charge >= 0.3 is 0 Å². The molecule has 0 aliphatic rings. The minimum atomic E-state index is -0.611. The molecule has 0 aromatic heterocycles. The van der Waals surface area contributed by atoms with Crippen LogP contribution in [0, 0.1) is 0 Å². The highest BCUT2D eigenvalue weighted by Crippen LogP contribution is 2.59. The third-order valence-corrected chi connectivity index (χ3v) is 10.7. The number of benzene rings is 4. The maximum absolute atomic E-state index is 2.37. The molecule has 0 aliphatic carbocycles. The molecule has 0 fully saturated rings. The van der Waals surface area contributed by atoms with E-state index in [1.165, 1.54) is 26.3 Å². The van der Waals surface area contributed by atoms with E-state index in [0.29, 0.717) is 0 Å². The molecule has 0 N–H and O–H groups in total. The fraction of sp³-hybridized carbons (Fsp3) is 0.0370. The van der Waals surface area contributed by atoms with Gasteiger partial charge in [0, 0.05) is 0 Å². The summed E-state index contributed by atoms with van der Waals surface area (Å²) in [7, 11) is -1.22. The molecule has 4 aromatic rings. The van der Waals surface area contributed by atoms with Gasteiger partial charge < -0.3 is 0 Å². The maximum atomic E-state index is 2.37. The first kappa shape index (κ1) is 19.8. The van der Waals surface area contributed by atoms with Crippen LogP contribution >= 0.6 is 15.8 Å². The monoisotopic (exact) mass is 410 g/mol. The molecule has 29 heavy (non-hydrogen) atoms. The molecule has 0 unspecified atom stereocenters. The summed E-state index contributed by atoms with van der Waals surface area (Å²) in [6, 6.07) is 44.0. The van der Waals surface area contributed by atoms with Gasteiger partial charge in [-0.15, -0.1) is 0 Å². The van der Waals surface area contributed by atoms with Gasteiger partial charge in [-0.3, -0.25) is 0 Å². The minimum absolute atomic E-state index is 0.611. The number of hydrogen-bond donors (Lipinski definition) is 0. The van der Waals surface area contributed by atoms with Crippen molar-refractivity contribution in [3.63, 3.8) is 0 Å².